The highest BCUT2D eigenvalue weighted by Crippen LogP contribution is 2.22. The number of imide groups is 1. The molecule has 0 N–H and O–H groups in total. The molecule has 21 heavy (non-hydrogen) atoms. The van der Waals surface area contributed by atoms with Gasteiger partial charge in [-0.15, -0.1) is 0 Å². The summed E-state index contributed by atoms with van der Waals surface area (Å²) in [6, 6.07) is 1.15. The first kappa shape index (κ1) is 13.7. The molecular formula is C14H14FN3O3. The van der Waals surface area contributed by atoms with Gasteiger partial charge in [-0.3, -0.25) is 24.3 Å². The van der Waals surface area contributed by atoms with Crippen LogP contribution >= 0.6 is 0 Å². The largest absolute Gasteiger partial charge is 0.338 e. The van der Waals surface area contributed by atoms with E-state index >= 15 is 0 Å². The lowest BCUT2D eigenvalue weighted by Gasteiger charge is -2.40. The van der Waals surface area contributed by atoms with E-state index in [0.29, 0.717) is 19.6 Å². The molecule has 3 rings (SSSR count). The van der Waals surface area contributed by atoms with Crippen molar-refractivity contribution in [3.05, 3.63) is 29.8 Å². The van der Waals surface area contributed by atoms with Crippen LogP contribution < -0.4 is 0 Å². The summed E-state index contributed by atoms with van der Waals surface area (Å²) in [6.45, 7) is 1.29. The van der Waals surface area contributed by atoms with Gasteiger partial charge in [-0.25, -0.2) is 4.39 Å². The van der Waals surface area contributed by atoms with Crippen molar-refractivity contribution in [3.8, 4) is 0 Å². The van der Waals surface area contributed by atoms with Gasteiger partial charge in [0.15, 0.2) is 0 Å². The molecule has 1 aromatic rings. The minimum Gasteiger partial charge on any atom is -0.338 e. The van der Waals surface area contributed by atoms with Crippen molar-refractivity contribution < 1.29 is 18.8 Å². The number of nitrogens with zero attached hydrogens (tertiary/aromatic N) is 3. The second-order valence-corrected chi connectivity index (χ2v) is 5.37. The number of amides is 3. The number of likely N-dealkylation sites (tertiary alicyclic amines) is 2. The smallest absolute Gasteiger partial charge is 0.255 e. The topological polar surface area (TPSA) is 70.6 Å². The molecule has 3 heterocycles. The summed E-state index contributed by atoms with van der Waals surface area (Å²) in [5.74, 6) is -1.01. The van der Waals surface area contributed by atoms with E-state index in [9.17, 15) is 18.8 Å². The van der Waals surface area contributed by atoms with Gasteiger partial charge in [-0.05, 0) is 6.07 Å². The molecule has 6 nitrogen and oxygen atoms in total. The Morgan fingerprint density at radius 2 is 1.90 bits per heavy atom. The highest BCUT2D eigenvalue weighted by Gasteiger charge is 2.37. The fourth-order valence-electron chi connectivity index (χ4n) is 2.65. The van der Waals surface area contributed by atoms with Crippen LogP contribution in [-0.4, -0.2) is 52.1 Å². The van der Waals surface area contributed by atoms with Crippen molar-refractivity contribution in [2.75, 3.05) is 19.6 Å². The van der Waals surface area contributed by atoms with Crippen molar-refractivity contribution in [2.24, 2.45) is 5.92 Å². The third-order valence-corrected chi connectivity index (χ3v) is 3.79. The van der Waals surface area contributed by atoms with Gasteiger partial charge in [0.25, 0.3) is 5.91 Å². The van der Waals surface area contributed by atoms with Crippen LogP contribution in [0.1, 0.15) is 23.2 Å². The van der Waals surface area contributed by atoms with E-state index in [0.717, 1.165) is 12.3 Å². The van der Waals surface area contributed by atoms with Crippen LogP contribution in [0.4, 0.5) is 4.39 Å². The fraction of sp³-hybridized carbons (Fsp3) is 0.429. The van der Waals surface area contributed by atoms with Crippen molar-refractivity contribution in [1.82, 2.24) is 14.8 Å². The first-order valence-corrected chi connectivity index (χ1v) is 6.77. The summed E-state index contributed by atoms with van der Waals surface area (Å²) in [5, 5.41) is 0. The van der Waals surface area contributed by atoms with E-state index in [2.05, 4.69) is 4.98 Å². The lowest BCUT2D eigenvalue weighted by atomic mass is 9.98. The van der Waals surface area contributed by atoms with Crippen LogP contribution in [0, 0.1) is 11.7 Å². The van der Waals surface area contributed by atoms with E-state index in [-0.39, 0.29) is 42.0 Å². The van der Waals surface area contributed by atoms with E-state index in [1.54, 1.807) is 4.90 Å². The molecule has 2 aliphatic rings. The van der Waals surface area contributed by atoms with E-state index < -0.39 is 5.82 Å². The summed E-state index contributed by atoms with van der Waals surface area (Å²) in [7, 11) is 0. The monoisotopic (exact) mass is 291 g/mol. The number of hydrogen-bond acceptors (Lipinski definition) is 4. The molecule has 1 aromatic heterocycles. The molecule has 110 valence electrons. The number of pyridine rings is 1. The van der Waals surface area contributed by atoms with Crippen molar-refractivity contribution >= 4 is 17.7 Å². The van der Waals surface area contributed by atoms with Gasteiger partial charge in [0, 0.05) is 44.6 Å². The molecule has 0 bridgehead atoms. The fourth-order valence-corrected chi connectivity index (χ4v) is 2.65. The lowest BCUT2D eigenvalue weighted by molar-refractivity contribution is -0.139. The first-order chi connectivity index (χ1) is 10.0. The summed E-state index contributed by atoms with van der Waals surface area (Å²) >= 11 is 0. The quantitative estimate of drug-likeness (QED) is 0.758. The van der Waals surface area contributed by atoms with Crippen LogP contribution in [0.2, 0.25) is 0 Å². The van der Waals surface area contributed by atoms with Crippen LogP contribution in [0.3, 0.4) is 0 Å². The molecule has 0 unspecified atom stereocenters. The molecule has 0 spiro atoms. The molecule has 2 aliphatic heterocycles. The zero-order valence-corrected chi connectivity index (χ0v) is 11.3. The highest BCUT2D eigenvalue weighted by atomic mass is 19.1. The van der Waals surface area contributed by atoms with Crippen molar-refractivity contribution in [1.29, 1.82) is 0 Å². The maximum Gasteiger partial charge on any atom is 0.255 e. The Morgan fingerprint density at radius 1 is 1.24 bits per heavy atom. The van der Waals surface area contributed by atoms with Crippen LogP contribution in [0.25, 0.3) is 0 Å². The molecule has 2 saturated heterocycles. The molecule has 0 radical (unpaired) electrons. The number of carbonyl (C=O) groups excluding carboxylic acids is 3. The number of aromatic nitrogens is 1. The molecule has 0 saturated carbocycles. The number of hydrogen-bond donors (Lipinski definition) is 0. The summed E-state index contributed by atoms with van der Waals surface area (Å²) in [4.78, 5) is 41.6. The van der Waals surface area contributed by atoms with Crippen molar-refractivity contribution in [2.45, 2.75) is 12.8 Å². The number of halogens is 1. The molecule has 7 heteroatoms. The van der Waals surface area contributed by atoms with Gasteiger partial charge < -0.3 is 4.90 Å². The van der Waals surface area contributed by atoms with Gasteiger partial charge >= 0.3 is 0 Å². The summed E-state index contributed by atoms with van der Waals surface area (Å²) < 4.78 is 13.0. The Kier molecular flexibility index (Phi) is 3.40. The second kappa shape index (κ2) is 5.23. The van der Waals surface area contributed by atoms with Gasteiger partial charge in [-0.1, -0.05) is 0 Å². The van der Waals surface area contributed by atoms with Crippen molar-refractivity contribution in [3.63, 3.8) is 0 Å². The Balaban J connectivity index is 1.55. The highest BCUT2D eigenvalue weighted by molar-refractivity contribution is 6.02. The third kappa shape index (κ3) is 2.63. The van der Waals surface area contributed by atoms with Gasteiger partial charge in [0.2, 0.25) is 11.8 Å². The molecule has 0 aromatic carbocycles. The second-order valence-electron chi connectivity index (χ2n) is 5.37. The maximum atomic E-state index is 13.0. The van der Waals surface area contributed by atoms with E-state index in [1.165, 1.54) is 11.1 Å². The molecule has 0 aliphatic carbocycles. The predicted molar refractivity (Wildman–Crippen MR) is 69.5 cm³/mol. The molecular weight excluding hydrogens is 277 g/mol. The third-order valence-electron chi connectivity index (χ3n) is 3.79. The lowest BCUT2D eigenvalue weighted by Crippen LogP contribution is -2.54. The summed E-state index contributed by atoms with van der Waals surface area (Å²) in [6.07, 6.45) is 2.93. The Morgan fingerprint density at radius 3 is 2.52 bits per heavy atom. The zero-order valence-electron chi connectivity index (χ0n) is 11.3. The molecule has 3 amide bonds. The van der Waals surface area contributed by atoms with Gasteiger partial charge in [0.1, 0.15) is 5.82 Å². The normalized spacial score (nSPS) is 19.1. The zero-order chi connectivity index (χ0) is 15.0. The Labute approximate surface area is 120 Å². The van der Waals surface area contributed by atoms with E-state index in [4.69, 9.17) is 0 Å². The molecule has 2 fully saturated rings. The average molecular weight is 291 g/mol. The van der Waals surface area contributed by atoms with Crippen LogP contribution in [-0.2, 0) is 9.59 Å². The van der Waals surface area contributed by atoms with Gasteiger partial charge in [0.05, 0.1) is 11.8 Å². The number of carbonyl (C=O) groups is 3. The van der Waals surface area contributed by atoms with E-state index in [1.807, 2.05) is 0 Å². The first-order valence-electron chi connectivity index (χ1n) is 6.77. The predicted octanol–water partition coefficient (Wildman–Crippen LogP) is 0.442. The van der Waals surface area contributed by atoms with Crippen LogP contribution in [0.15, 0.2) is 18.5 Å². The minimum absolute atomic E-state index is 0.0986. The maximum absolute atomic E-state index is 13.0. The van der Waals surface area contributed by atoms with Gasteiger partial charge in [-0.2, -0.15) is 0 Å². The Hall–Kier alpha value is -2.31. The molecule has 0 atom stereocenters. The minimum atomic E-state index is -0.550. The summed E-state index contributed by atoms with van der Waals surface area (Å²) in [5.41, 5.74) is 0.210. The van der Waals surface area contributed by atoms with Crippen LogP contribution in [0.5, 0.6) is 0 Å². The standard InChI is InChI=1S/C14H14FN3O3/c15-11-3-10(4-16-5-11)14(21)17-6-9(7-17)8-18-12(19)1-2-13(18)20/h3-5,9H,1-2,6-8H2. The average Bonchev–Trinajstić information content (AvgIpc) is 2.72. The number of rotatable bonds is 3. The SMILES string of the molecule is O=C(c1cncc(F)c1)N1CC(CN2C(=O)CCC2=O)C1. The Bertz CT molecular complexity index is 597.